The molecule has 0 radical (unpaired) electrons. The van der Waals surface area contributed by atoms with Crippen LogP contribution in [0.1, 0.15) is 80.5 Å². The van der Waals surface area contributed by atoms with Crippen molar-refractivity contribution in [2.45, 2.75) is 74.1 Å². The van der Waals surface area contributed by atoms with Crippen molar-refractivity contribution >= 4 is 101 Å². The van der Waals surface area contributed by atoms with E-state index in [4.69, 9.17) is 63.0 Å². The molecular weight excluding hydrogens is 962 g/mol. The van der Waals surface area contributed by atoms with Crippen molar-refractivity contribution in [3.05, 3.63) is 210 Å². The molecule has 0 bridgehead atoms. The lowest BCUT2D eigenvalue weighted by atomic mass is 9.86. The van der Waals surface area contributed by atoms with Crippen molar-refractivity contribution in [2.24, 2.45) is 10.8 Å². The SMILES string of the molecule is CC(C)(C)Cc1ccc2c(c1)-c1c(c(-c3nccc4cc(Cl)cc(Cl)c34)cc3ccccc13)C2.Cc1cc2ccccc2c2c1Cc1ccc(CC(C)(C)C)cc1-2.Clc1cc(Cl)c2c(Cl)nccc2c1. The zero-order valence-electron chi connectivity index (χ0n) is 40.5. The van der Waals surface area contributed by atoms with Gasteiger partial charge in [0.1, 0.15) is 5.15 Å². The molecule has 0 amide bonds. The quantitative estimate of drug-likeness (QED) is 0.165. The van der Waals surface area contributed by atoms with E-state index in [1.165, 1.54) is 82.7 Å². The largest absolute Gasteiger partial charge is 0.256 e. The van der Waals surface area contributed by atoms with Crippen molar-refractivity contribution in [1.29, 1.82) is 0 Å². The van der Waals surface area contributed by atoms with E-state index in [2.05, 4.69) is 151 Å². The Labute approximate surface area is 436 Å². The van der Waals surface area contributed by atoms with Crippen LogP contribution in [0.4, 0.5) is 0 Å². The minimum Gasteiger partial charge on any atom is -0.256 e. The van der Waals surface area contributed by atoms with Crippen molar-refractivity contribution < 1.29 is 0 Å². The molecular formula is C63H53Cl5N2. The molecule has 0 saturated carbocycles. The van der Waals surface area contributed by atoms with Gasteiger partial charge >= 0.3 is 0 Å². The van der Waals surface area contributed by atoms with Gasteiger partial charge in [-0.1, -0.05) is 191 Å². The fourth-order valence-electron chi connectivity index (χ4n) is 10.6. The van der Waals surface area contributed by atoms with E-state index in [1.54, 1.807) is 18.3 Å². The molecule has 2 aromatic heterocycles. The van der Waals surface area contributed by atoms with Gasteiger partial charge in [-0.15, -0.1) is 0 Å². The van der Waals surface area contributed by atoms with E-state index < -0.39 is 0 Å². The topological polar surface area (TPSA) is 25.8 Å². The average Bonchev–Trinajstić information content (AvgIpc) is 3.87. The van der Waals surface area contributed by atoms with Gasteiger partial charge in [0.2, 0.25) is 0 Å². The zero-order chi connectivity index (χ0) is 49.2. The highest BCUT2D eigenvalue weighted by atomic mass is 35.5. The molecule has 10 aromatic rings. The summed E-state index contributed by atoms with van der Waals surface area (Å²) in [7, 11) is 0. The number of rotatable bonds is 3. The lowest BCUT2D eigenvalue weighted by Gasteiger charge is -2.19. The third kappa shape index (κ3) is 9.67. The predicted octanol–water partition coefficient (Wildman–Crippen LogP) is 20.0. The van der Waals surface area contributed by atoms with Crippen LogP contribution in [0, 0.1) is 17.8 Å². The molecule has 0 aliphatic heterocycles. The molecule has 2 heterocycles. The summed E-state index contributed by atoms with van der Waals surface area (Å²) in [6.07, 6.45) is 7.63. The molecule has 2 aliphatic rings. The summed E-state index contributed by atoms with van der Waals surface area (Å²) in [5, 5.41) is 11.7. The Morgan fingerprint density at radius 1 is 0.457 bits per heavy atom. The molecule has 12 rings (SSSR count). The molecule has 0 spiro atoms. The lowest BCUT2D eigenvalue weighted by Crippen LogP contribution is -2.09. The van der Waals surface area contributed by atoms with Crippen LogP contribution in [0.25, 0.3) is 76.6 Å². The maximum absolute atomic E-state index is 6.73. The molecule has 0 saturated heterocycles. The van der Waals surface area contributed by atoms with Crippen LogP contribution in [-0.4, -0.2) is 9.97 Å². The molecule has 2 aliphatic carbocycles. The van der Waals surface area contributed by atoms with Crippen molar-refractivity contribution in [3.63, 3.8) is 0 Å². The van der Waals surface area contributed by atoms with Gasteiger partial charge in [-0.05, 0) is 179 Å². The normalized spacial score (nSPS) is 12.6. The maximum atomic E-state index is 6.73. The van der Waals surface area contributed by atoms with E-state index >= 15 is 0 Å². The molecule has 7 heteroatoms. The summed E-state index contributed by atoms with van der Waals surface area (Å²) >= 11 is 30.7. The Kier molecular flexibility index (Phi) is 13.0. The van der Waals surface area contributed by atoms with Gasteiger partial charge < -0.3 is 0 Å². The monoisotopic (exact) mass is 1010 g/mol. The molecule has 8 aromatic carbocycles. The maximum Gasteiger partial charge on any atom is 0.138 e. The smallest absolute Gasteiger partial charge is 0.138 e. The average molecular weight is 1020 g/mol. The summed E-state index contributed by atoms with van der Waals surface area (Å²) < 4.78 is 0. The van der Waals surface area contributed by atoms with Gasteiger partial charge in [-0.25, -0.2) is 4.98 Å². The second-order valence-corrected chi connectivity index (χ2v) is 23.4. The molecule has 0 fully saturated rings. The van der Waals surface area contributed by atoms with Crippen LogP contribution >= 0.6 is 58.0 Å². The first-order valence-corrected chi connectivity index (χ1v) is 25.7. The third-order valence-corrected chi connectivity index (χ3v) is 14.7. The van der Waals surface area contributed by atoms with Crippen LogP contribution < -0.4 is 0 Å². The van der Waals surface area contributed by atoms with E-state index in [0.29, 0.717) is 30.7 Å². The summed E-state index contributed by atoms with van der Waals surface area (Å²) in [4.78, 5) is 8.79. The van der Waals surface area contributed by atoms with E-state index in [-0.39, 0.29) is 5.41 Å². The number of aromatic nitrogens is 2. The minimum absolute atomic E-state index is 0.241. The molecule has 0 unspecified atom stereocenters. The highest BCUT2D eigenvalue weighted by molar-refractivity contribution is 6.43. The minimum atomic E-state index is 0.241. The second kappa shape index (κ2) is 18.9. The number of hydrogen-bond donors (Lipinski definition) is 0. The standard InChI is InChI=1S/C31H25Cl2N.C23H24.C9H4Cl3N/c1-31(2,3)17-18-8-9-20-14-25-26(15-19-6-4-5-7-23(19)29(25)24(20)12-18)30-28-21(10-11-34-30)13-22(32)16-27(28)33;1-15-11-17-7-5-6-8-19(17)22-20(15)13-18-10-9-16(12-21(18)22)14-23(2,3)4;10-6-3-5-1-2-13-9(12)8(5)7(11)4-6/h4-13,15-16H,14,17H2,1-3H3;5-12H,13-14H2,1-4H3;1-4H. The van der Waals surface area contributed by atoms with Crippen molar-refractivity contribution in [2.75, 3.05) is 0 Å². The lowest BCUT2D eigenvalue weighted by molar-refractivity contribution is 0.411. The third-order valence-electron chi connectivity index (χ3n) is 13.4. The first kappa shape index (κ1) is 48.2. The second-order valence-electron chi connectivity index (χ2n) is 21.3. The summed E-state index contributed by atoms with van der Waals surface area (Å²) in [6.45, 7) is 16.1. The molecule has 350 valence electrons. The summed E-state index contributed by atoms with van der Waals surface area (Å²) in [6, 6.07) is 47.3. The molecule has 0 N–H and O–H groups in total. The Hall–Kier alpha value is -5.45. The number of halogens is 5. The number of pyridine rings is 2. The Balaban J connectivity index is 0.000000135. The first-order chi connectivity index (χ1) is 33.4. The number of aryl methyl sites for hydroxylation is 1. The van der Waals surface area contributed by atoms with Crippen LogP contribution in [0.2, 0.25) is 25.2 Å². The summed E-state index contributed by atoms with van der Waals surface area (Å²) in [5.74, 6) is 0. The fraction of sp³-hybridized carbons (Fsp3) is 0.206. The number of benzene rings is 8. The van der Waals surface area contributed by atoms with Crippen LogP contribution in [0.15, 0.2) is 146 Å². The fourth-order valence-corrected chi connectivity index (χ4v) is 12.1. The Morgan fingerprint density at radius 2 is 0.943 bits per heavy atom. The van der Waals surface area contributed by atoms with Gasteiger partial charge in [-0.3, -0.25) is 4.98 Å². The van der Waals surface area contributed by atoms with Crippen LogP contribution in [0.3, 0.4) is 0 Å². The van der Waals surface area contributed by atoms with Gasteiger partial charge in [0.15, 0.2) is 0 Å². The Bertz CT molecular complexity index is 3710. The number of hydrogen-bond acceptors (Lipinski definition) is 2. The van der Waals surface area contributed by atoms with Crippen molar-refractivity contribution in [1.82, 2.24) is 9.97 Å². The molecule has 70 heavy (non-hydrogen) atoms. The Morgan fingerprint density at radius 3 is 1.51 bits per heavy atom. The first-order valence-electron chi connectivity index (χ1n) is 23.8. The van der Waals surface area contributed by atoms with Gasteiger partial charge in [0.05, 0.1) is 15.7 Å². The predicted molar refractivity (Wildman–Crippen MR) is 303 cm³/mol. The zero-order valence-corrected chi connectivity index (χ0v) is 44.2. The highest BCUT2D eigenvalue weighted by Gasteiger charge is 2.28. The van der Waals surface area contributed by atoms with E-state index in [9.17, 15) is 0 Å². The van der Waals surface area contributed by atoms with Crippen molar-refractivity contribution in [3.8, 4) is 33.5 Å². The number of nitrogens with zero attached hydrogens (tertiary/aromatic N) is 2. The number of fused-ring (bicyclic) bond motifs is 12. The van der Waals surface area contributed by atoms with E-state index in [0.717, 1.165) is 58.5 Å². The molecule has 2 nitrogen and oxygen atoms in total. The van der Waals surface area contributed by atoms with Gasteiger partial charge in [0.25, 0.3) is 0 Å². The van der Waals surface area contributed by atoms with Crippen LogP contribution in [0.5, 0.6) is 0 Å². The van der Waals surface area contributed by atoms with Gasteiger partial charge in [-0.2, -0.15) is 0 Å². The summed E-state index contributed by atoms with van der Waals surface area (Å²) in [5.41, 5.74) is 18.2. The molecule has 0 atom stereocenters. The van der Waals surface area contributed by atoms with Crippen LogP contribution in [-0.2, 0) is 25.7 Å². The van der Waals surface area contributed by atoms with Gasteiger partial charge in [0, 0.05) is 38.8 Å². The van der Waals surface area contributed by atoms with E-state index in [1.807, 2.05) is 30.5 Å². The highest BCUT2D eigenvalue weighted by Crippen LogP contribution is 2.49.